The molecule has 3 aromatic rings. The van der Waals surface area contributed by atoms with Crippen LogP contribution in [0.25, 0.3) is 5.69 Å². The minimum absolute atomic E-state index is 0.0999. The Bertz CT molecular complexity index is 886. The zero-order valence-corrected chi connectivity index (χ0v) is 16.0. The van der Waals surface area contributed by atoms with Gasteiger partial charge in [0.1, 0.15) is 5.75 Å². The fourth-order valence-electron chi connectivity index (χ4n) is 2.81. The molecule has 1 heterocycles. The van der Waals surface area contributed by atoms with Crippen LogP contribution in [-0.4, -0.2) is 21.6 Å². The van der Waals surface area contributed by atoms with Crippen molar-refractivity contribution in [1.82, 2.24) is 14.9 Å². The number of aryl methyl sites for hydroxylation is 2. The molecule has 1 N–H and O–H groups in total. The second-order valence-corrected chi connectivity index (χ2v) is 6.64. The van der Waals surface area contributed by atoms with Crippen LogP contribution < -0.4 is 10.1 Å². The molecule has 0 saturated carbocycles. The number of nitrogens with zero attached hydrogens (tertiary/aromatic N) is 2. The number of carbonyl (C=O) groups is 1. The Balaban J connectivity index is 1.59. The van der Waals surface area contributed by atoms with Crippen LogP contribution in [0.5, 0.6) is 5.75 Å². The molecule has 0 bridgehead atoms. The van der Waals surface area contributed by atoms with Gasteiger partial charge in [-0.3, -0.25) is 4.79 Å². The Morgan fingerprint density at radius 2 is 1.96 bits per heavy atom. The van der Waals surface area contributed by atoms with Crippen LogP contribution in [0.3, 0.4) is 0 Å². The van der Waals surface area contributed by atoms with Crippen LogP contribution in [0.15, 0.2) is 61.2 Å². The highest BCUT2D eigenvalue weighted by molar-refractivity contribution is 5.81. The summed E-state index contributed by atoms with van der Waals surface area (Å²) in [7, 11) is 0. The Morgan fingerprint density at radius 1 is 1.19 bits per heavy atom. The summed E-state index contributed by atoms with van der Waals surface area (Å²) >= 11 is 0. The average Bonchev–Trinajstić information content (AvgIpc) is 3.22. The van der Waals surface area contributed by atoms with Crippen molar-refractivity contribution >= 4 is 5.91 Å². The van der Waals surface area contributed by atoms with Gasteiger partial charge in [-0.25, -0.2) is 4.98 Å². The number of hydrogen-bond acceptors (Lipinski definition) is 3. The molecule has 0 saturated heterocycles. The van der Waals surface area contributed by atoms with Gasteiger partial charge in [0.15, 0.2) is 6.10 Å². The zero-order valence-electron chi connectivity index (χ0n) is 16.0. The van der Waals surface area contributed by atoms with E-state index >= 15 is 0 Å². The second-order valence-electron chi connectivity index (χ2n) is 6.64. The predicted molar refractivity (Wildman–Crippen MR) is 106 cm³/mol. The summed E-state index contributed by atoms with van der Waals surface area (Å²) in [5.74, 6) is 0.666. The lowest BCUT2D eigenvalue weighted by molar-refractivity contribution is -0.128. The predicted octanol–water partition coefficient (Wildman–Crippen LogP) is 3.96. The summed E-state index contributed by atoms with van der Waals surface area (Å²) in [5.41, 5.74) is 4.21. The first kappa shape index (κ1) is 18.7. The molecule has 0 spiro atoms. The standard InChI is InChI=1S/C22H25N3O2/c1-4-20(27-21-13-16(2)5-6-17(21)3)22(26)24-14-18-7-9-19(10-8-18)25-12-11-23-15-25/h5-13,15,20H,4,14H2,1-3H3,(H,24,26). The van der Waals surface area contributed by atoms with E-state index in [9.17, 15) is 4.79 Å². The number of carbonyl (C=O) groups excluding carboxylic acids is 1. The summed E-state index contributed by atoms with van der Waals surface area (Å²) in [6.45, 7) is 6.42. The van der Waals surface area contributed by atoms with E-state index in [1.807, 2.05) is 74.0 Å². The summed E-state index contributed by atoms with van der Waals surface area (Å²) in [4.78, 5) is 16.6. The van der Waals surface area contributed by atoms with Gasteiger partial charge in [0.2, 0.25) is 0 Å². The quantitative estimate of drug-likeness (QED) is 0.691. The van der Waals surface area contributed by atoms with Crippen LogP contribution >= 0.6 is 0 Å². The van der Waals surface area contributed by atoms with Crippen LogP contribution in [0.4, 0.5) is 0 Å². The van der Waals surface area contributed by atoms with Crippen LogP contribution in [-0.2, 0) is 11.3 Å². The van der Waals surface area contributed by atoms with Crippen molar-refractivity contribution in [2.45, 2.75) is 39.8 Å². The number of nitrogens with one attached hydrogen (secondary N) is 1. The van der Waals surface area contributed by atoms with E-state index in [1.165, 1.54) is 0 Å². The molecule has 0 aliphatic heterocycles. The van der Waals surface area contributed by atoms with Crippen LogP contribution in [0.2, 0.25) is 0 Å². The van der Waals surface area contributed by atoms with Crippen LogP contribution in [0.1, 0.15) is 30.0 Å². The van der Waals surface area contributed by atoms with E-state index in [0.717, 1.165) is 28.1 Å². The number of hydrogen-bond donors (Lipinski definition) is 1. The monoisotopic (exact) mass is 363 g/mol. The number of benzene rings is 2. The molecule has 1 unspecified atom stereocenters. The van der Waals surface area contributed by atoms with E-state index in [0.29, 0.717) is 13.0 Å². The molecule has 5 nitrogen and oxygen atoms in total. The van der Waals surface area contributed by atoms with Gasteiger partial charge in [-0.15, -0.1) is 0 Å². The molecule has 1 atom stereocenters. The van der Waals surface area contributed by atoms with Crippen molar-refractivity contribution in [2.75, 3.05) is 0 Å². The first-order valence-electron chi connectivity index (χ1n) is 9.15. The lowest BCUT2D eigenvalue weighted by Gasteiger charge is -2.19. The molecule has 1 aromatic heterocycles. The molecule has 3 rings (SSSR count). The molecule has 0 radical (unpaired) electrons. The van der Waals surface area contributed by atoms with E-state index in [2.05, 4.69) is 10.3 Å². The molecule has 0 aliphatic rings. The third-order valence-electron chi connectivity index (χ3n) is 4.48. The maximum absolute atomic E-state index is 12.6. The van der Waals surface area contributed by atoms with Gasteiger partial charge in [0.25, 0.3) is 5.91 Å². The highest BCUT2D eigenvalue weighted by Crippen LogP contribution is 2.21. The van der Waals surface area contributed by atoms with Gasteiger partial charge in [-0.05, 0) is 55.2 Å². The first-order chi connectivity index (χ1) is 13.1. The number of amides is 1. The molecule has 5 heteroatoms. The molecular weight excluding hydrogens is 338 g/mol. The molecule has 27 heavy (non-hydrogen) atoms. The third kappa shape index (κ3) is 4.76. The Morgan fingerprint density at radius 3 is 2.63 bits per heavy atom. The van der Waals surface area contributed by atoms with Gasteiger partial charge in [0.05, 0.1) is 6.33 Å². The topological polar surface area (TPSA) is 56.1 Å². The van der Waals surface area contributed by atoms with Gasteiger partial charge in [0, 0.05) is 24.6 Å². The third-order valence-corrected chi connectivity index (χ3v) is 4.48. The van der Waals surface area contributed by atoms with E-state index < -0.39 is 6.10 Å². The average molecular weight is 363 g/mol. The minimum Gasteiger partial charge on any atom is -0.480 e. The maximum Gasteiger partial charge on any atom is 0.261 e. The molecule has 0 aliphatic carbocycles. The maximum atomic E-state index is 12.6. The number of aromatic nitrogens is 2. The largest absolute Gasteiger partial charge is 0.480 e. The van der Waals surface area contributed by atoms with E-state index in [4.69, 9.17) is 4.74 Å². The fraction of sp³-hybridized carbons (Fsp3) is 0.273. The molecule has 0 fully saturated rings. The van der Waals surface area contributed by atoms with Crippen molar-refractivity contribution in [1.29, 1.82) is 0 Å². The lowest BCUT2D eigenvalue weighted by atomic mass is 10.1. The Hall–Kier alpha value is -3.08. The first-order valence-corrected chi connectivity index (χ1v) is 9.15. The zero-order chi connectivity index (χ0) is 19.2. The van der Waals surface area contributed by atoms with Gasteiger partial charge in [-0.2, -0.15) is 0 Å². The fourth-order valence-corrected chi connectivity index (χ4v) is 2.81. The molecule has 140 valence electrons. The smallest absolute Gasteiger partial charge is 0.261 e. The lowest BCUT2D eigenvalue weighted by Crippen LogP contribution is -2.37. The SMILES string of the molecule is CCC(Oc1cc(C)ccc1C)C(=O)NCc1ccc(-n2ccnc2)cc1. The number of ether oxygens (including phenoxy) is 1. The van der Waals surface area contributed by atoms with E-state index in [-0.39, 0.29) is 5.91 Å². The number of rotatable bonds is 7. The van der Waals surface area contributed by atoms with Crippen molar-refractivity contribution in [3.05, 3.63) is 77.9 Å². The van der Waals surface area contributed by atoms with Crippen LogP contribution in [0, 0.1) is 13.8 Å². The normalized spacial score (nSPS) is 11.8. The highest BCUT2D eigenvalue weighted by atomic mass is 16.5. The van der Waals surface area contributed by atoms with Crippen molar-refractivity contribution < 1.29 is 9.53 Å². The summed E-state index contributed by atoms with van der Waals surface area (Å²) < 4.78 is 7.91. The minimum atomic E-state index is -0.504. The second kappa shape index (κ2) is 8.54. The van der Waals surface area contributed by atoms with Gasteiger partial charge < -0.3 is 14.6 Å². The Labute approximate surface area is 160 Å². The van der Waals surface area contributed by atoms with Gasteiger partial charge >= 0.3 is 0 Å². The highest BCUT2D eigenvalue weighted by Gasteiger charge is 2.19. The number of imidazole rings is 1. The summed E-state index contributed by atoms with van der Waals surface area (Å²) in [5, 5.41) is 2.98. The summed E-state index contributed by atoms with van der Waals surface area (Å²) in [6.07, 6.45) is 5.50. The van der Waals surface area contributed by atoms with Crippen molar-refractivity contribution in [2.24, 2.45) is 0 Å². The van der Waals surface area contributed by atoms with E-state index in [1.54, 1.807) is 12.5 Å². The van der Waals surface area contributed by atoms with Crippen molar-refractivity contribution in [3.8, 4) is 11.4 Å². The molecule has 1 amide bonds. The van der Waals surface area contributed by atoms with Crippen molar-refractivity contribution in [3.63, 3.8) is 0 Å². The van der Waals surface area contributed by atoms with Gasteiger partial charge in [-0.1, -0.05) is 31.2 Å². The Kier molecular flexibility index (Phi) is 5.91. The summed E-state index contributed by atoms with van der Waals surface area (Å²) in [6, 6.07) is 14.0. The molecule has 2 aromatic carbocycles. The molecular formula is C22H25N3O2.